The highest BCUT2D eigenvalue weighted by atomic mass is 19.1. The maximum absolute atomic E-state index is 14.6. The number of hydrogen-bond acceptors (Lipinski definition) is 7. The van der Waals surface area contributed by atoms with E-state index in [9.17, 15) is 18.8 Å². The number of fused-ring (bicyclic) bond motifs is 5. The van der Waals surface area contributed by atoms with Crippen molar-refractivity contribution in [3.8, 4) is 23.0 Å². The van der Waals surface area contributed by atoms with Gasteiger partial charge in [0.2, 0.25) is 5.91 Å². The van der Waals surface area contributed by atoms with E-state index in [0.717, 1.165) is 5.56 Å². The van der Waals surface area contributed by atoms with Gasteiger partial charge >= 0.3 is 0 Å². The predicted octanol–water partition coefficient (Wildman–Crippen LogP) is 3.65. The molecule has 2 aliphatic rings. The third-order valence-corrected chi connectivity index (χ3v) is 7.53. The van der Waals surface area contributed by atoms with Crippen molar-refractivity contribution in [1.82, 2.24) is 15.5 Å². The molecular weight excluding hydrogens is 569 g/mol. The average molecular weight is 606 g/mol. The maximum Gasteiger partial charge on any atom is 0.258 e. The van der Waals surface area contributed by atoms with Crippen molar-refractivity contribution >= 4 is 17.7 Å². The highest BCUT2D eigenvalue weighted by molar-refractivity contribution is 5.94. The second-order valence-electron chi connectivity index (χ2n) is 10.7. The molecule has 3 amide bonds. The van der Waals surface area contributed by atoms with E-state index < -0.39 is 23.9 Å². The zero-order valence-electron chi connectivity index (χ0n) is 24.8. The first-order valence-electron chi connectivity index (χ1n) is 14.7. The summed E-state index contributed by atoms with van der Waals surface area (Å²) in [4.78, 5) is 40.8. The van der Waals surface area contributed by atoms with Crippen LogP contribution >= 0.6 is 0 Å². The van der Waals surface area contributed by atoms with Gasteiger partial charge in [-0.3, -0.25) is 14.4 Å². The van der Waals surface area contributed by atoms with Gasteiger partial charge in [-0.1, -0.05) is 6.07 Å². The third kappa shape index (κ3) is 7.77. The molecule has 3 aromatic rings. The number of aryl methyl sites for hydroxylation is 1. The van der Waals surface area contributed by atoms with Gasteiger partial charge in [0, 0.05) is 44.1 Å². The summed E-state index contributed by atoms with van der Waals surface area (Å²) in [6, 6.07) is 15.9. The number of carbonyl (C=O) groups is 3. The standard InChI is InChI=1S/C33H36FN3O7/c1-3-42-25-8-6-23(7-9-25)33(40)37-13-12-28-27(19-37)36-32(39)20-43-30-16-21(4-10-29(30)41-2)5-11-31(38)35-18-22-14-24(34)17-26(15-22)44-28/h4,6-10,14-17,27-28H,3,5,11-13,18-20H2,1-2H3,(H,35,38)(H,36,39)/t27-,28-/m1/s1. The minimum absolute atomic E-state index is 0.124. The summed E-state index contributed by atoms with van der Waals surface area (Å²) in [5, 5.41) is 5.80. The van der Waals surface area contributed by atoms with Crippen molar-refractivity contribution in [3.63, 3.8) is 0 Å². The fourth-order valence-corrected chi connectivity index (χ4v) is 5.33. The van der Waals surface area contributed by atoms with Gasteiger partial charge in [0.25, 0.3) is 11.8 Å². The van der Waals surface area contributed by atoms with Gasteiger partial charge < -0.3 is 34.5 Å². The molecule has 1 saturated heterocycles. The number of methoxy groups -OCH3 is 1. The van der Waals surface area contributed by atoms with Gasteiger partial charge in [-0.25, -0.2) is 4.39 Å². The van der Waals surface area contributed by atoms with Crippen LogP contribution in [-0.4, -0.2) is 68.2 Å². The maximum atomic E-state index is 14.6. The molecule has 0 spiro atoms. The van der Waals surface area contributed by atoms with Crippen LogP contribution in [0.4, 0.5) is 4.39 Å². The van der Waals surface area contributed by atoms with Gasteiger partial charge in [-0.15, -0.1) is 0 Å². The van der Waals surface area contributed by atoms with Crippen LogP contribution in [0.2, 0.25) is 0 Å². The zero-order valence-corrected chi connectivity index (χ0v) is 24.8. The highest BCUT2D eigenvalue weighted by Gasteiger charge is 2.35. The van der Waals surface area contributed by atoms with E-state index in [-0.39, 0.29) is 43.7 Å². The highest BCUT2D eigenvalue weighted by Crippen LogP contribution is 2.29. The van der Waals surface area contributed by atoms with Crippen LogP contribution in [-0.2, 0) is 22.6 Å². The molecule has 1 fully saturated rings. The van der Waals surface area contributed by atoms with E-state index in [0.29, 0.717) is 54.4 Å². The molecule has 10 nitrogen and oxygen atoms in total. The lowest BCUT2D eigenvalue weighted by molar-refractivity contribution is -0.125. The largest absolute Gasteiger partial charge is 0.494 e. The molecule has 2 aliphatic heterocycles. The summed E-state index contributed by atoms with van der Waals surface area (Å²) in [6.07, 6.45) is 0.454. The van der Waals surface area contributed by atoms with Crippen LogP contribution < -0.4 is 29.6 Å². The number of likely N-dealkylation sites (tertiary alicyclic amines) is 1. The summed E-state index contributed by atoms with van der Waals surface area (Å²) in [5.74, 6) is 0.436. The Morgan fingerprint density at radius 3 is 2.61 bits per heavy atom. The second-order valence-corrected chi connectivity index (χ2v) is 10.7. The number of nitrogens with one attached hydrogen (secondary N) is 2. The molecule has 0 saturated carbocycles. The Morgan fingerprint density at radius 2 is 1.84 bits per heavy atom. The molecule has 4 bridgehead atoms. The van der Waals surface area contributed by atoms with Gasteiger partial charge in [0.1, 0.15) is 23.4 Å². The zero-order chi connectivity index (χ0) is 31.1. The summed E-state index contributed by atoms with van der Waals surface area (Å²) < 4.78 is 37.5. The minimum atomic E-state index is -0.620. The van der Waals surface area contributed by atoms with E-state index in [4.69, 9.17) is 18.9 Å². The first-order chi connectivity index (χ1) is 21.3. The molecule has 3 aromatic carbocycles. The van der Waals surface area contributed by atoms with E-state index >= 15 is 0 Å². The van der Waals surface area contributed by atoms with E-state index in [1.54, 1.807) is 47.4 Å². The Hall–Kier alpha value is -4.80. The Morgan fingerprint density at radius 1 is 1.02 bits per heavy atom. The van der Waals surface area contributed by atoms with Crippen molar-refractivity contribution < 1.29 is 37.7 Å². The fraction of sp³-hybridized carbons (Fsp3) is 0.364. The molecule has 0 aromatic heterocycles. The fourth-order valence-electron chi connectivity index (χ4n) is 5.33. The van der Waals surface area contributed by atoms with Crippen LogP contribution in [0.5, 0.6) is 23.0 Å². The van der Waals surface area contributed by atoms with Crippen LogP contribution in [0.1, 0.15) is 41.3 Å². The number of benzene rings is 3. The molecule has 11 heteroatoms. The van der Waals surface area contributed by atoms with Crippen molar-refractivity contribution in [1.29, 1.82) is 0 Å². The summed E-state index contributed by atoms with van der Waals surface area (Å²) in [7, 11) is 1.51. The molecule has 2 heterocycles. The number of amides is 3. The Labute approximate surface area is 255 Å². The predicted molar refractivity (Wildman–Crippen MR) is 160 cm³/mol. The number of nitrogens with zero attached hydrogens (tertiary/aromatic N) is 1. The van der Waals surface area contributed by atoms with E-state index in [1.807, 2.05) is 13.0 Å². The summed E-state index contributed by atoms with van der Waals surface area (Å²) >= 11 is 0. The van der Waals surface area contributed by atoms with Gasteiger partial charge in [-0.2, -0.15) is 0 Å². The quantitative estimate of drug-likeness (QED) is 0.467. The van der Waals surface area contributed by atoms with Crippen LogP contribution in [0, 0.1) is 5.82 Å². The monoisotopic (exact) mass is 605 g/mol. The molecular formula is C33H36FN3O7. The first kappa shape index (κ1) is 30.7. The van der Waals surface area contributed by atoms with E-state index in [1.165, 1.54) is 19.2 Å². The SMILES string of the molecule is CCOc1ccc(C(=O)N2CC[C@H]3Oc4cc(F)cc(c4)CNC(=O)CCc4ccc(OC)c(c4)OCC(=O)N[C@@H]3C2)cc1. The first-order valence-corrected chi connectivity index (χ1v) is 14.7. The van der Waals surface area contributed by atoms with Gasteiger partial charge in [0.05, 0.1) is 19.8 Å². The average Bonchev–Trinajstić information content (AvgIpc) is 3.02. The summed E-state index contributed by atoms with van der Waals surface area (Å²) in [5.41, 5.74) is 1.86. The molecule has 2 N–H and O–H groups in total. The lowest BCUT2D eigenvalue weighted by Gasteiger charge is -2.39. The third-order valence-electron chi connectivity index (χ3n) is 7.53. The summed E-state index contributed by atoms with van der Waals surface area (Å²) in [6.45, 7) is 2.74. The number of rotatable bonds is 4. The van der Waals surface area contributed by atoms with Crippen LogP contribution in [0.25, 0.3) is 0 Å². The number of hydrogen-bond donors (Lipinski definition) is 2. The van der Waals surface area contributed by atoms with Crippen molar-refractivity contribution in [2.24, 2.45) is 0 Å². The van der Waals surface area contributed by atoms with Gasteiger partial charge in [0.15, 0.2) is 18.1 Å². The smallest absolute Gasteiger partial charge is 0.258 e. The molecule has 2 atom stereocenters. The topological polar surface area (TPSA) is 115 Å². The van der Waals surface area contributed by atoms with Crippen molar-refractivity contribution in [2.45, 2.75) is 44.9 Å². The molecule has 0 aliphatic carbocycles. The van der Waals surface area contributed by atoms with Crippen LogP contribution in [0.3, 0.4) is 0 Å². The van der Waals surface area contributed by atoms with Crippen LogP contribution in [0.15, 0.2) is 60.7 Å². The number of ether oxygens (including phenoxy) is 4. The van der Waals surface area contributed by atoms with Crippen molar-refractivity contribution in [2.75, 3.05) is 33.4 Å². The molecule has 44 heavy (non-hydrogen) atoms. The number of carbonyl (C=O) groups excluding carboxylic acids is 3. The second kappa shape index (κ2) is 14.1. The molecule has 0 radical (unpaired) electrons. The van der Waals surface area contributed by atoms with Gasteiger partial charge in [-0.05, 0) is 73.0 Å². The lowest BCUT2D eigenvalue weighted by Crippen LogP contribution is -2.58. The molecule has 0 unspecified atom stereocenters. The Bertz CT molecular complexity index is 1500. The van der Waals surface area contributed by atoms with Crippen molar-refractivity contribution in [3.05, 3.63) is 83.2 Å². The lowest BCUT2D eigenvalue weighted by atomic mass is 10.0. The number of halogens is 1. The minimum Gasteiger partial charge on any atom is -0.494 e. The number of piperidine rings is 1. The molecule has 5 rings (SSSR count). The Balaban J connectivity index is 1.39. The van der Waals surface area contributed by atoms with E-state index in [2.05, 4.69) is 10.6 Å². The molecule has 232 valence electrons. The Kier molecular flexibility index (Phi) is 9.83. The normalized spacial score (nSPS) is 19.1.